The quantitative estimate of drug-likeness (QED) is 0.462. The molecule has 0 radical (unpaired) electrons. The number of hydrogen-bond donors (Lipinski definition) is 0. The van der Waals surface area contributed by atoms with Crippen LogP contribution in [0.1, 0.15) is 0 Å². The molecule has 0 spiro atoms. The number of rotatable bonds is 2. The van der Waals surface area contributed by atoms with Gasteiger partial charge in [0.25, 0.3) is 0 Å². The van der Waals surface area contributed by atoms with E-state index in [1.54, 1.807) is 13.3 Å². The molecule has 21 heavy (non-hydrogen) atoms. The molecule has 0 unspecified atom stereocenters. The van der Waals surface area contributed by atoms with Crippen LogP contribution in [0, 0.1) is 0 Å². The van der Waals surface area contributed by atoms with Gasteiger partial charge in [-0.1, -0.05) is 35.3 Å². The molecule has 1 heterocycles. The summed E-state index contributed by atoms with van der Waals surface area (Å²) in [6.45, 7) is 0. The Kier molecular flexibility index (Phi) is 4.15. The fourth-order valence-electron chi connectivity index (χ4n) is 2.05. The second kappa shape index (κ2) is 6.06. The van der Waals surface area contributed by atoms with Gasteiger partial charge >= 0.3 is 0 Å². The third-order valence-electron chi connectivity index (χ3n) is 3.10. The Morgan fingerprint density at radius 1 is 1.05 bits per heavy atom. The molecule has 1 aromatic heterocycles. The fraction of sp³-hybridized carbons (Fsp3) is 0.0625. The van der Waals surface area contributed by atoms with Gasteiger partial charge in [-0.2, -0.15) is 0 Å². The third kappa shape index (κ3) is 3.21. The molecule has 4 rings (SSSR count). The Labute approximate surface area is 136 Å². The number of fused-ring (bicyclic) bond motifs is 1. The zero-order valence-electron chi connectivity index (χ0n) is 11.1. The van der Waals surface area contributed by atoms with Crippen LogP contribution in [0.2, 0.25) is 9.49 Å². The van der Waals surface area contributed by atoms with Gasteiger partial charge in [0.05, 0.1) is 7.11 Å². The molecule has 0 aliphatic heterocycles. The van der Waals surface area contributed by atoms with E-state index in [1.807, 2.05) is 35.7 Å². The van der Waals surface area contributed by atoms with Gasteiger partial charge in [-0.25, -0.2) is 4.98 Å². The van der Waals surface area contributed by atoms with E-state index in [0.717, 1.165) is 21.9 Å². The highest BCUT2D eigenvalue weighted by molar-refractivity contribution is 7.13. The Balaban J connectivity index is 0.000000186. The van der Waals surface area contributed by atoms with Crippen LogP contribution in [0.4, 0.5) is 0 Å². The van der Waals surface area contributed by atoms with Crippen LogP contribution in [-0.4, -0.2) is 12.1 Å². The topological polar surface area (TPSA) is 22.1 Å². The van der Waals surface area contributed by atoms with Crippen molar-refractivity contribution in [3.8, 4) is 28.0 Å². The molecule has 0 atom stereocenters. The van der Waals surface area contributed by atoms with E-state index < -0.39 is 0 Å². The lowest BCUT2D eigenvalue weighted by Crippen LogP contribution is -1.82. The zero-order valence-corrected chi connectivity index (χ0v) is 13.5. The van der Waals surface area contributed by atoms with Crippen molar-refractivity contribution in [2.24, 2.45) is 0 Å². The molecule has 106 valence electrons. The van der Waals surface area contributed by atoms with Crippen molar-refractivity contribution in [1.29, 1.82) is 0 Å². The molecule has 0 N–H and O–H groups in total. The van der Waals surface area contributed by atoms with E-state index in [0.29, 0.717) is 4.47 Å². The summed E-state index contributed by atoms with van der Waals surface area (Å²) in [6, 6.07) is 12.1. The van der Waals surface area contributed by atoms with Gasteiger partial charge < -0.3 is 4.74 Å². The molecule has 2 aromatic rings. The Morgan fingerprint density at radius 2 is 1.81 bits per heavy atom. The predicted octanol–water partition coefficient (Wildman–Crippen LogP) is 5.79. The van der Waals surface area contributed by atoms with Gasteiger partial charge in [0.1, 0.15) is 5.75 Å². The molecule has 0 saturated carbocycles. The number of hydrogen-bond acceptors (Lipinski definition) is 3. The second-order valence-electron chi connectivity index (χ2n) is 4.39. The summed E-state index contributed by atoms with van der Waals surface area (Å²) in [5.74, 6) is 0.867. The maximum absolute atomic E-state index is 6.14. The molecular formula is C16H11Cl2NOS. The molecule has 5 heteroatoms. The van der Waals surface area contributed by atoms with Gasteiger partial charge in [0, 0.05) is 22.2 Å². The van der Waals surface area contributed by atoms with Crippen molar-refractivity contribution >= 4 is 34.5 Å². The Hall–Kier alpha value is -1.55. The molecule has 0 fully saturated rings. The summed E-state index contributed by atoms with van der Waals surface area (Å²) in [4.78, 5) is 3.70. The first-order valence-electron chi connectivity index (χ1n) is 6.22. The summed E-state index contributed by atoms with van der Waals surface area (Å²) in [7, 11) is 1.67. The minimum Gasteiger partial charge on any atom is -0.497 e. The zero-order chi connectivity index (χ0) is 14.8. The molecule has 2 aliphatic rings. The normalized spacial score (nSPS) is 10.6. The van der Waals surface area contributed by atoms with Crippen molar-refractivity contribution in [3.05, 3.63) is 57.5 Å². The maximum Gasteiger partial charge on any atom is 0.183 e. The van der Waals surface area contributed by atoms with Crippen molar-refractivity contribution in [2.75, 3.05) is 7.11 Å². The van der Waals surface area contributed by atoms with Crippen LogP contribution in [0.25, 0.3) is 22.3 Å². The first-order valence-corrected chi connectivity index (χ1v) is 7.86. The van der Waals surface area contributed by atoms with Crippen molar-refractivity contribution in [2.45, 2.75) is 0 Å². The standard InChI is InChI=1S/C13H9ClO.C3H2ClNS/c1-15-10-4-2-8(3-5-10)13-11-6-9(11)7-12(13)14;4-3-5-1-2-6-3/h2-7H,1H3;1-2H. The number of nitrogens with zero attached hydrogens (tertiary/aromatic N) is 1. The SMILES string of the molecule is COc1ccc(-c2c(Cl)cc3cc2-3)cc1.Clc1nccs1. The summed E-state index contributed by atoms with van der Waals surface area (Å²) < 4.78 is 5.73. The Morgan fingerprint density at radius 3 is 2.24 bits per heavy atom. The monoisotopic (exact) mass is 335 g/mol. The number of benzene rings is 2. The number of thiazole rings is 1. The second-order valence-corrected chi connectivity index (χ2v) is 6.28. The number of methoxy groups -OCH3 is 1. The highest BCUT2D eigenvalue weighted by Crippen LogP contribution is 2.49. The third-order valence-corrected chi connectivity index (χ3v) is 4.32. The molecular weight excluding hydrogens is 325 g/mol. The van der Waals surface area contributed by atoms with Gasteiger partial charge in [-0.3, -0.25) is 0 Å². The molecule has 1 aromatic carbocycles. The van der Waals surface area contributed by atoms with Crippen LogP contribution in [0.3, 0.4) is 0 Å². The first kappa shape index (κ1) is 14.4. The van der Waals surface area contributed by atoms with E-state index in [-0.39, 0.29) is 0 Å². The minimum absolute atomic E-state index is 0.606. The van der Waals surface area contributed by atoms with Gasteiger partial charge in [0.2, 0.25) is 0 Å². The first-order chi connectivity index (χ1) is 10.2. The molecule has 0 saturated heterocycles. The number of aromatic nitrogens is 1. The summed E-state index contributed by atoms with van der Waals surface area (Å²) >= 11 is 12.9. The average molecular weight is 336 g/mol. The maximum atomic E-state index is 6.14. The highest BCUT2D eigenvalue weighted by Gasteiger charge is 2.22. The van der Waals surface area contributed by atoms with Crippen LogP contribution < -0.4 is 4.74 Å². The average Bonchev–Trinajstić information content (AvgIpc) is 2.92. The van der Waals surface area contributed by atoms with Crippen LogP contribution in [0.5, 0.6) is 5.75 Å². The van der Waals surface area contributed by atoms with Gasteiger partial charge in [0.15, 0.2) is 4.47 Å². The van der Waals surface area contributed by atoms with Crippen LogP contribution in [0.15, 0.2) is 48.0 Å². The van der Waals surface area contributed by atoms with E-state index in [1.165, 1.54) is 22.5 Å². The van der Waals surface area contributed by atoms with Gasteiger partial charge in [-0.05, 0) is 41.0 Å². The lowest BCUT2D eigenvalue weighted by atomic mass is 10.1. The van der Waals surface area contributed by atoms with Gasteiger partial charge in [-0.15, -0.1) is 11.3 Å². The Bertz CT molecular complexity index is 755. The highest BCUT2D eigenvalue weighted by atomic mass is 35.5. The lowest BCUT2D eigenvalue weighted by molar-refractivity contribution is 0.415. The molecule has 0 bridgehead atoms. The molecule has 2 nitrogen and oxygen atoms in total. The summed E-state index contributed by atoms with van der Waals surface area (Å²) in [5, 5.41) is 2.68. The van der Waals surface area contributed by atoms with E-state index in [2.05, 4.69) is 11.1 Å². The summed E-state index contributed by atoms with van der Waals surface area (Å²) in [5.41, 5.74) is 4.85. The fourth-order valence-corrected chi connectivity index (χ4v) is 2.94. The van der Waals surface area contributed by atoms with E-state index in [9.17, 15) is 0 Å². The van der Waals surface area contributed by atoms with E-state index in [4.69, 9.17) is 27.9 Å². The van der Waals surface area contributed by atoms with Crippen molar-refractivity contribution in [3.63, 3.8) is 0 Å². The molecule has 0 amide bonds. The van der Waals surface area contributed by atoms with Crippen molar-refractivity contribution in [1.82, 2.24) is 4.98 Å². The largest absolute Gasteiger partial charge is 0.497 e. The predicted molar refractivity (Wildman–Crippen MR) is 89.6 cm³/mol. The lowest BCUT2D eigenvalue weighted by Gasteiger charge is -2.02. The minimum atomic E-state index is 0.606. The van der Waals surface area contributed by atoms with Crippen LogP contribution in [-0.2, 0) is 0 Å². The number of ether oxygens (including phenoxy) is 1. The number of halogens is 2. The summed E-state index contributed by atoms with van der Waals surface area (Å²) in [6.07, 6.45) is 1.67. The smallest absolute Gasteiger partial charge is 0.183 e. The van der Waals surface area contributed by atoms with Crippen molar-refractivity contribution < 1.29 is 4.74 Å². The molecule has 2 aliphatic carbocycles. The van der Waals surface area contributed by atoms with Crippen LogP contribution >= 0.6 is 34.5 Å². The van der Waals surface area contributed by atoms with E-state index >= 15 is 0 Å².